The van der Waals surface area contributed by atoms with Crippen LogP contribution in [0.25, 0.3) is 0 Å². The number of thiazole rings is 1. The Labute approximate surface area is 114 Å². The summed E-state index contributed by atoms with van der Waals surface area (Å²) in [7, 11) is 1.75. The van der Waals surface area contributed by atoms with Crippen molar-refractivity contribution in [2.75, 3.05) is 7.11 Å². The summed E-state index contributed by atoms with van der Waals surface area (Å²) in [4.78, 5) is 6.24. The maximum absolute atomic E-state index is 5.55. The topological polar surface area (TPSA) is 34.1 Å². The zero-order chi connectivity index (χ0) is 13.3. The van der Waals surface area contributed by atoms with Gasteiger partial charge in [0.2, 0.25) is 0 Å². The first kappa shape index (κ1) is 14.0. The van der Waals surface area contributed by atoms with Crippen molar-refractivity contribution in [3.05, 3.63) is 15.6 Å². The number of nitrogens with one attached hydrogen (secondary N) is 1. The van der Waals surface area contributed by atoms with Crippen molar-refractivity contribution in [2.45, 2.75) is 64.6 Å². The molecular weight excluding hydrogens is 244 g/mol. The molecule has 0 aromatic carbocycles. The lowest BCUT2D eigenvalue weighted by Gasteiger charge is -2.19. The lowest BCUT2D eigenvalue weighted by Crippen LogP contribution is -2.21. The molecule has 0 aliphatic heterocycles. The van der Waals surface area contributed by atoms with E-state index in [9.17, 15) is 0 Å². The number of aromatic nitrogens is 1. The van der Waals surface area contributed by atoms with Crippen LogP contribution in [0.1, 0.15) is 62.0 Å². The van der Waals surface area contributed by atoms with Crippen LogP contribution in [0.5, 0.6) is 0 Å². The molecular formula is C14H24N2OS. The van der Waals surface area contributed by atoms with Crippen molar-refractivity contribution >= 4 is 11.3 Å². The Hall–Kier alpha value is -0.450. The summed E-state index contributed by atoms with van der Waals surface area (Å²) < 4.78 is 5.55. The van der Waals surface area contributed by atoms with E-state index in [-0.39, 0.29) is 5.60 Å². The summed E-state index contributed by atoms with van der Waals surface area (Å²) in [5.74, 6) is 0.701. The highest BCUT2D eigenvalue weighted by molar-refractivity contribution is 7.11. The molecule has 0 saturated heterocycles. The fourth-order valence-corrected chi connectivity index (χ4v) is 2.99. The molecule has 1 N–H and O–H groups in total. The molecule has 0 amide bonds. The molecule has 0 atom stereocenters. The van der Waals surface area contributed by atoms with E-state index in [1.807, 2.05) is 0 Å². The van der Waals surface area contributed by atoms with E-state index < -0.39 is 0 Å². The van der Waals surface area contributed by atoms with Crippen molar-refractivity contribution in [2.24, 2.45) is 0 Å². The molecule has 1 aromatic rings. The number of methoxy groups -OCH3 is 1. The predicted octanol–water partition coefficient (Wildman–Crippen LogP) is 3.40. The van der Waals surface area contributed by atoms with Crippen molar-refractivity contribution in [3.63, 3.8) is 0 Å². The molecule has 1 heterocycles. The van der Waals surface area contributed by atoms with Crippen LogP contribution in [0.2, 0.25) is 0 Å². The van der Waals surface area contributed by atoms with Gasteiger partial charge in [-0.2, -0.15) is 0 Å². The fourth-order valence-electron chi connectivity index (χ4n) is 1.81. The quantitative estimate of drug-likeness (QED) is 0.858. The van der Waals surface area contributed by atoms with Crippen molar-refractivity contribution < 1.29 is 4.74 Å². The third kappa shape index (κ3) is 3.11. The highest BCUT2D eigenvalue weighted by Gasteiger charge is 2.33. The highest BCUT2D eigenvalue weighted by atomic mass is 32.1. The smallest absolute Gasteiger partial charge is 0.125 e. The van der Waals surface area contributed by atoms with Gasteiger partial charge >= 0.3 is 0 Å². The molecule has 1 aromatic heterocycles. The normalized spacial score (nSPS) is 16.6. The molecule has 1 aliphatic carbocycles. The van der Waals surface area contributed by atoms with E-state index >= 15 is 0 Å². The van der Waals surface area contributed by atoms with Crippen LogP contribution < -0.4 is 5.32 Å². The Morgan fingerprint density at radius 3 is 2.61 bits per heavy atom. The predicted molar refractivity (Wildman–Crippen MR) is 76.1 cm³/mol. The SMILES string of the molecule is COC(C)(C)c1nc(C2CC2)c(CNC(C)C)s1. The summed E-state index contributed by atoms with van der Waals surface area (Å²) >= 11 is 1.80. The minimum Gasteiger partial charge on any atom is -0.372 e. The summed E-state index contributed by atoms with van der Waals surface area (Å²) in [5, 5.41) is 4.60. The van der Waals surface area contributed by atoms with Gasteiger partial charge in [0.25, 0.3) is 0 Å². The lowest BCUT2D eigenvalue weighted by atomic mass is 10.1. The minimum absolute atomic E-state index is 0.273. The summed E-state index contributed by atoms with van der Waals surface area (Å²) in [5.41, 5.74) is 1.04. The number of nitrogens with zero attached hydrogens (tertiary/aromatic N) is 1. The van der Waals surface area contributed by atoms with Crippen LogP contribution in [0.3, 0.4) is 0 Å². The molecule has 0 radical (unpaired) electrons. The van der Waals surface area contributed by atoms with Crippen LogP contribution in [0.4, 0.5) is 0 Å². The van der Waals surface area contributed by atoms with Crippen LogP contribution in [-0.2, 0) is 16.9 Å². The van der Waals surface area contributed by atoms with Crippen LogP contribution in [-0.4, -0.2) is 18.1 Å². The van der Waals surface area contributed by atoms with Crippen molar-refractivity contribution in [1.29, 1.82) is 0 Å². The number of ether oxygens (including phenoxy) is 1. The van der Waals surface area contributed by atoms with Crippen molar-refractivity contribution in [3.8, 4) is 0 Å². The summed E-state index contributed by atoms with van der Waals surface area (Å²) in [6.45, 7) is 9.46. The molecule has 0 bridgehead atoms. The summed E-state index contributed by atoms with van der Waals surface area (Å²) in [6, 6.07) is 0.512. The van der Waals surface area contributed by atoms with E-state index in [4.69, 9.17) is 9.72 Å². The molecule has 1 aliphatic rings. The first-order chi connectivity index (χ1) is 8.44. The van der Waals surface area contributed by atoms with Gasteiger partial charge < -0.3 is 10.1 Å². The van der Waals surface area contributed by atoms with Gasteiger partial charge in [-0.25, -0.2) is 4.98 Å². The van der Waals surface area contributed by atoms with Gasteiger partial charge in [-0.05, 0) is 26.7 Å². The second kappa shape index (κ2) is 5.27. The van der Waals surface area contributed by atoms with Gasteiger partial charge in [0, 0.05) is 30.5 Å². The standard InChI is InChI=1S/C14H24N2OS/c1-9(2)15-8-11-12(10-6-7-10)16-13(18-11)14(3,4)17-5/h9-10,15H,6-8H2,1-5H3. The Morgan fingerprint density at radius 1 is 1.44 bits per heavy atom. The van der Waals surface area contributed by atoms with Gasteiger partial charge in [0.05, 0.1) is 5.69 Å². The largest absolute Gasteiger partial charge is 0.372 e. The van der Waals surface area contributed by atoms with Gasteiger partial charge in [0.15, 0.2) is 0 Å². The number of hydrogen-bond acceptors (Lipinski definition) is 4. The molecule has 2 rings (SSSR count). The highest BCUT2D eigenvalue weighted by Crippen LogP contribution is 2.44. The number of hydrogen-bond donors (Lipinski definition) is 1. The maximum atomic E-state index is 5.55. The van der Waals surface area contributed by atoms with Crippen LogP contribution in [0.15, 0.2) is 0 Å². The molecule has 18 heavy (non-hydrogen) atoms. The van der Waals surface area contributed by atoms with E-state index in [2.05, 4.69) is 33.0 Å². The van der Waals surface area contributed by atoms with Crippen LogP contribution >= 0.6 is 11.3 Å². The van der Waals surface area contributed by atoms with Gasteiger partial charge in [-0.15, -0.1) is 11.3 Å². The molecule has 102 valence electrons. The first-order valence-electron chi connectivity index (χ1n) is 6.72. The average molecular weight is 268 g/mol. The van der Waals surface area contributed by atoms with Crippen LogP contribution in [0, 0.1) is 0 Å². The van der Waals surface area contributed by atoms with Gasteiger partial charge in [-0.3, -0.25) is 0 Å². The van der Waals surface area contributed by atoms with E-state index in [0.717, 1.165) is 11.6 Å². The third-order valence-electron chi connectivity index (χ3n) is 3.39. The monoisotopic (exact) mass is 268 g/mol. The Kier molecular flexibility index (Phi) is 4.09. The molecule has 1 fully saturated rings. The van der Waals surface area contributed by atoms with E-state index in [1.54, 1.807) is 18.4 Å². The lowest BCUT2D eigenvalue weighted by molar-refractivity contribution is 0.0189. The zero-order valence-corrected chi connectivity index (χ0v) is 12.9. The first-order valence-corrected chi connectivity index (χ1v) is 7.54. The second-order valence-electron chi connectivity index (χ2n) is 5.85. The average Bonchev–Trinajstić information content (AvgIpc) is 3.06. The Balaban J connectivity index is 2.21. The second-order valence-corrected chi connectivity index (χ2v) is 6.94. The molecule has 0 spiro atoms. The van der Waals surface area contributed by atoms with Gasteiger partial charge in [0.1, 0.15) is 10.6 Å². The third-order valence-corrected chi connectivity index (χ3v) is 4.76. The molecule has 0 unspecified atom stereocenters. The van der Waals surface area contributed by atoms with E-state index in [0.29, 0.717) is 12.0 Å². The zero-order valence-electron chi connectivity index (χ0n) is 12.0. The van der Waals surface area contributed by atoms with E-state index in [1.165, 1.54) is 23.4 Å². The summed E-state index contributed by atoms with van der Waals surface area (Å²) in [6.07, 6.45) is 2.59. The molecule has 4 heteroatoms. The van der Waals surface area contributed by atoms with Gasteiger partial charge in [-0.1, -0.05) is 13.8 Å². The Bertz CT molecular complexity index is 408. The maximum Gasteiger partial charge on any atom is 0.125 e. The fraction of sp³-hybridized carbons (Fsp3) is 0.786. The van der Waals surface area contributed by atoms with Crippen molar-refractivity contribution in [1.82, 2.24) is 10.3 Å². The minimum atomic E-state index is -0.273. The Morgan fingerprint density at radius 2 is 2.11 bits per heavy atom. The number of rotatable bonds is 6. The molecule has 3 nitrogen and oxygen atoms in total. The molecule has 1 saturated carbocycles.